The quantitative estimate of drug-likeness (QED) is 0.784. The molecular formula is C14H17F3N6O. The predicted molar refractivity (Wildman–Crippen MR) is 79.7 cm³/mol. The topological polar surface area (TPSA) is 66.6 Å². The van der Waals surface area contributed by atoms with Crippen LogP contribution in [0.15, 0.2) is 0 Å². The number of amides is 1. The summed E-state index contributed by atoms with van der Waals surface area (Å²) in [5.74, 6) is -0.679. The SMILES string of the molecule is CC(=O)N1CCN(c2nn3c(C(F)(F)F)nnc3c(C)c2C)CC1. The lowest BCUT2D eigenvalue weighted by Crippen LogP contribution is -2.48. The molecule has 0 N–H and O–H groups in total. The van der Waals surface area contributed by atoms with Crippen molar-refractivity contribution in [1.29, 1.82) is 0 Å². The van der Waals surface area contributed by atoms with Crippen molar-refractivity contribution in [2.45, 2.75) is 26.9 Å². The first-order valence-corrected chi connectivity index (χ1v) is 7.50. The molecule has 0 saturated carbocycles. The molecule has 0 bridgehead atoms. The number of hydrogen-bond donors (Lipinski definition) is 0. The van der Waals surface area contributed by atoms with E-state index in [0.717, 1.165) is 10.1 Å². The summed E-state index contributed by atoms with van der Waals surface area (Å²) in [5.41, 5.74) is 1.47. The number of carbonyl (C=O) groups excluding carboxylic acids is 1. The molecule has 2 aromatic rings. The Bertz CT molecular complexity index is 792. The van der Waals surface area contributed by atoms with Crippen LogP contribution in [0.3, 0.4) is 0 Å². The summed E-state index contributed by atoms with van der Waals surface area (Å²) < 4.78 is 40.0. The van der Waals surface area contributed by atoms with Gasteiger partial charge < -0.3 is 9.80 Å². The van der Waals surface area contributed by atoms with Crippen LogP contribution in [0.2, 0.25) is 0 Å². The normalized spacial score (nSPS) is 16.1. The summed E-state index contributed by atoms with van der Waals surface area (Å²) >= 11 is 0. The molecule has 0 unspecified atom stereocenters. The van der Waals surface area contributed by atoms with Crippen molar-refractivity contribution in [3.63, 3.8) is 0 Å². The van der Waals surface area contributed by atoms with Crippen LogP contribution in [0, 0.1) is 13.8 Å². The fourth-order valence-electron chi connectivity index (χ4n) is 2.82. The maximum Gasteiger partial charge on any atom is 0.453 e. The molecule has 0 aliphatic carbocycles. The van der Waals surface area contributed by atoms with Crippen molar-refractivity contribution in [3.05, 3.63) is 17.0 Å². The van der Waals surface area contributed by atoms with E-state index in [1.54, 1.807) is 18.7 Å². The van der Waals surface area contributed by atoms with Crippen molar-refractivity contribution in [1.82, 2.24) is 24.7 Å². The number of aromatic nitrogens is 4. The number of halogens is 3. The van der Waals surface area contributed by atoms with Gasteiger partial charge >= 0.3 is 6.18 Å². The van der Waals surface area contributed by atoms with Gasteiger partial charge in [-0.1, -0.05) is 0 Å². The van der Waals surface area contributed by atoms with Gasteiger partial charge in [0.25, 0.3) is 5.82 Å². The number of carbonyl (C=O) groups is 1. The van der Waals surface area contributed by atoms with E-state index in [-0.39, 0.29) is 11.6 Å². The van der Waals surface area contributed by atoms with Gasteiger partial charge in [-0.3, -0.25) is 4.79 Å². The molecule has 10 heteroatoms. The fraction of sp³-hybridized carbons (Fsp3) is 0.571. The largest absolute Gasteiger partial charge is 0.453 e. The number of nitrogens with zero attached hydrogens (tertiary/aromatic N) is 6. The average molecular weight is 342 g/mol. The third-order valence-corrected chi connectivity index (χ3v) is 4.35. The second-order valence-corrected chi connectivity index (χ2v) is 5.82. The lowest BCUT2D eigenvalue weighted by molar-refractivity contribution is -0.146. The molecule has 1 aliphatic rings. The minimum Gasteiger partial charge on any atom is -0.351 e. The third kappa shape index (κ3) is 2.65. The Kier molecular flexibility index (Phi) is 3.84. The smallest absolute Gasteiger partial charge is 0.351 e. The van der Waals surface area contributed by atoms with E-state index in [2.05, 4.69) is 15.3 Å². The Morgan fingerprint density at radius 2 is 1.67 bits per heavy atom. The number of aryl methyl sites for hydroxylation is 1. The fourth-order valence-corrected chi connectivity index (χ4v) is 2.82. The van der Waals surface area contributed by atoms with Gasteiger partial charge in [-0.05, 0) is 13.8 Å². The average Bonchev–Trinajstić information content (AvgIpc) is 2.95. The van der Waals surface area contributed by atoms with Gasteiger partial charge in [-0.2, -0.15) is 17.7 Å². The molecule has 7 nitrogen and oxygen atoms in total. The first-order chi connectivity index (χ1) is 11.2. The molecule has 3 rings (SSSR count). The molecule has 0 atom stereocenters. The van der Waals surface area contributed by atoms with Gasteiger partial charge in [0.05, 0.1) is 0 Å². The van der Waals surface area contributed by atoms with E-state index in [9.17, 15) is 18.0 Å². The van der Waals surface area contributed by atoms with Gasteiger partial charge in [-0.25, -0.2) is 0 Å². The lowest BCUT2D eigenvalue weighted by Gasteiger charge is -2.35. The Labute approximate surface area is 136 Å². The molecule has 130 valence electrons. The highest BCUT2D eigenvalue weighted by atomic mass is 19.4. The van der Waals surface area contributed by atoms with Crippen LogP contribution in [0.1, 0.15) is 23.9 Å². The number of piperazine rings is 1. The molecule has 24 heavy (non-hydrogen) atoms. The first kappa shape index (κ1) is 16.5. The van der Waals surface area contributed by atoms with Crippen LogP contribution < -0.4 is 4.90 Å². The van der Waals surface area contributed by atoms with Gasteiger partial charge in [0.15, 0.2) is 11.5 Å². The Balaban J connectivity index is 2.02. The number of rotatable bonds is 1. The van der Waals surface area contributed by atoms with Crippen molar-refractivity contribution in [2.24, 2.45) is 0 Å². The van der Waals surface area contributed by atoms with Crippen LogP contribution in [-0.2, 0) is 11.0 Å². The summed E-state index contributed by atoms with van der Waals surface area (Å²) in [6, 6.07) is 0. The molecule has 3 heterocycles. The molecule has 0 spiro atoms. The van der Waals surface area contributed by atoms with E-state index in [4.69, 9.17) is 0 Å². The minimum absolute atomic E-state index is 0.0101. The minimum atomic E-state index is -4.63. The van der Waals surface area contributed by atoms with E-state index < -0.39 is 12.0 Å². The molecule has 0 aromatic carbocycles. The van der Waals surface area contributed by atoms with Crippen LogP contribution in [0.5, 0.6) is 0 Å². The van der Waals surface area contributed by atoms with Gasteiger partial charge in [-0.15, -0.1) is 15.3 Å². The van der Waals surface area contributed by atoms with Crippen molar-refractivity contribution in [2.75, 3.05) is 31.1 Å². The summed E-state index contributed by atoms with van der Waals surface area (Å²) in [7, 11) is 0. The number of anilines is 1. The van der Waals surface area contributed by atoms with Crippen LogP contribution >= 0.6 is 0 Å². The van der Waals surface area contributed by atoms with Crippen LogP contribution in [-0.4, -0.2) is 56.8 Å². The van der Waals surface area contributed by atoms with Crippen molar-refractivity contribution in [3.8, 4) is 0 Å². The predicted octanol–water partition coefficient (Wildman–Crippen LogP) is 1.43. The highest BCUT2D eigenvalue weighted by Crippen LogP contribution is 2.30. The zero-order chi connectivity index (χ0) is 17.6. The molecule has 2 aromatic heterocycles. The maximum absolute atomic E-state index is 13.1. The highest BCUT2D eigenvalue weighted by molar-refractivity contribution is 5.73. The van der Waals surface area contributed by atoms with Gasteiger partial charge in [0.1, 0.15) is 0 Å². The number of hydrogen-bond acceptors (Lipinski definition) is 5. The molecular weight excluding hydrogens is 325 g/mol. The van der Waals surface area contributed by atoms with Crippen molar-refractivity contribution < 1.29 is 18.0 Å². The van der Waals surface area contributed by atoms with Crippen LogP contribution in [0.25, 0.3) is 5.65 Å². The van der Waals surface area contributed by atoms with E-state index in [1.165, 1.54) is 6.92 Å². The Morgan fingerprint density at radius 3 is 2.21 bits per heavy atom. The first-order valence-electron chi connectivity index (χ1n) is 7.50. The molecule has 1 amide bonds. The zero-order valence-electron chi connectivity index (χ0n) is 13.6. The summed E-state index contributed by atoms with van der Waals surface area (Å²) in [5, 5.41) is 11.0. The van der Waals surface area contributed by atoms with Gasteiger partial charge in [0.2, 0.25) is 5.91 Å². The Hall–Kier alpha value is -2.39. The number of alkyl halides is 3. The second-order valence-electron chi connectivity index (χ2n) is 5.82. The Morgan fingerprint density at radius 1 is 1.04 bits per heavy atom. The maximum atomic E-state index is 13.1. The van der Waals surface area contributed by atoms with E-state index in [1.807, 2.05) is 4.90 Å². The summed E-state index contributed by atoms with van der Waals surface area (Å²) in [4.78, 5) is 15.0. The third-order valence-electron chi connectivity index (χ3n) is 4.35. The number of fused-ring (bicyclic) bond motifs is 1. The van der Waals surface area contributed by atoms with Gasteiger partial charge in [0, 0.05) is 44.2 Å². The summed E-state index contributed by atoms with van der Waals surface area (Å²) in [6.07, 6.45) is -4.63. The molecule has 1 saturated heterocycles. The zero-order valence-corrected chi connectivity index (χ0v) is 13.6. The molecule has 0 radical (unpaired) electrons. The van der Waals surface area contributed by atoms with E-state index >= 15 is 0 Å². The van der Waals surface area contributed by atoms with Crippen molar-refractivity contribution >= 4 is 17.4 Å². The van der Waals surface area contributed by atoms with Crippen LogP contribution in [0.4, 0.5) is 19.0 Å². The van der Waals surface area contributed by atoms with E-state index in [0.29, 0.717) is 37.6 Å². The summed E-state index contributed by atoms with van der Waals surface area (Å²) in [6.45, 7) is 7.07. The monoisotopic (exact) mass is 342 g/mol. The second kappa shape index (κ2) is 5.60. The highest BCUT2D eigenvalue weighted by Gasteiger charge is 2.38. The molecule has 1 fully saturated rings. The standard InChI is InChI=1S/C14H17F3N6O/c1-8-9(2)12(22-6-4-21(5-7-22)10(3)24)20-23-11(8)18-19-13(23)14(15,16)17/h4-7H2,1-3H3. The molecule has 1 aliphatic heterocycles. The lowest BCUT2D eigenvalue weighted by atomic mass is 10.1.